The second kappa shape index (κ2) is 10.2. The van der Waals surface area contributed by atoms with Gasteiger partial charge in [-0.05, 0) is 38.3 Å². The van der Waals surface area contributed by atoms with E-state index in [-0.39, 0.29) is 24.9 Å². The van der Waals surface area contributed by atoms with Gasteiger partial charge in [-0.1, -0.05) is 24.6 Å². The maximum atomic E-state index is 13.1. The Balaban J connectivity index is 1.89. The van der Waals surface area contributed by atoms with E-state index in [9.17, 15) is 18.0 Å². The van der Waals surface area contributed by atoms with Crippen molar-refractivity contribution in [3.8, 4) is 0 Å². The normalized spacial score (nSPS) is 15.9. The number of sulfonamides is 1. The van der Waals surface area contributed by atoms with Crippen LogP contribution in [-0.2, 0) is 19.6 Å². The molecule has 2 amide bonds. The Morgan fingerprint density at radius 1 is 1.03 bits per heavy atom. The first kappa shape index (κ1) is 23.3. The lowest BCUT2D eigenvalue weighted by molar-refractivity contribution is -0.895. The second-order valence-corrected chi connectivity index (χ2v) is 9.56. The van der Waals surface area contributed by atoms with Gasteiger partial charge >= 0.3 is 0 Å². The highest BCUT2D eigenvalue weighted by atomic mass is 32.2. The quantitative estimate of drug-likeness (QED) is 0.505. The fraction of sp³-hybridized carbons (Fsp3) is 0.600. The Kier molecular flexibility index (Phi) is 8.18. The first-order chi connectivity index (χ1) is 13.6. The van der Waals surface area contributed by atoms with Crippen LogP contribution in [0.3, 0.4) is 0 Å². The fourth-order valence-electron chi connectivity index (χ4n) is 3.72. The number of nitrogens with zero attached hydrogens (tertiary/aromatic N) is 1. The molecular weight excluding hydrogens is 392 g/mol. The van der Waals surface area contributed by atoms with Crippen LogP contribution in [0, 0.1) is 20.8 Å². The van der Waals surface area contributed by atoms with Gasteiger partial charge in [0.1, 0.15) is 0 Å². The number of quaternary nitrogens is 1. The number of piperazine rings is 1. The summed E-state index contributed by atoms with van der Waals surface area (Å²) >= 11 is 0. The van der Waals surface area contributed by atoms with Crippen molar-refractivity contribution in [3.05, 3.63) is 28.8 Å². The first-order valence-electron chi connectivity index (χ1n) is 10.1. The second-order valence-electron chi connectivity index (χ2n) is 7.69. The van der Waals surface area contributed by atoms with Gasteiger partial charge in [0.15, 0.2) is 6.54 Å². The standard InChI is InChI=1S/C20H32N4O4S/c1-5-6-21-18(25)13-22-19(26)14-23-7-9-24(10-8-23)29(27,28)20-16(3)11-15(2)12-17(20)4/h11-12H,5-10,13-14H2,1-4H3,(H,21,25)(H,22,26)/p+1. The number of hydrogen-bond acceptors (Lipinski definition) is 4. The molecule has 0 saturated carbocycles. The minimum atomic E-state index is -3.56. The average molecular weight is 426 g/mol. The summed E-state index contributed by atoms with van der Waals surface area (Å²) in [6.45, 7) is 10.2. The van der Waals surface area contributed by atoms with Gasteiger partial charge in [0.05, 0.1) is 37.6 Å². The Morgan fingerprint density at radius 3 is 2.17 bits per heavy atom. The third kappa shape index (κ3) is 6.25. The third-order valence-electron chi connectivity index (χ3n) is 5.06. The van der Waals surface area contributed by atoms with Gasteiger partial charge in [-0.15, -0.1) is 0 Å². The number of nitrogens with one attached hydrogen (secondary N) is 3. The van der Waals surface area contributed by atoms with E-state index in [0.29, 0.717) is 37.6 Å². The van der Waals surface area contributed by atoms with E-state index in [1.54, 1.807) is 0 Å². The van der Waals surface area contributed by atoms with Crippen LogP contribution < -0.4 is 15.5 Å². The number of benzene rings is 1. The van der Waals surface area contributed by atoms with Crippen molar-refractivity contribution in [2.75, 3.05) is 45.8 Å². The van der Waals surface area contributed by atoms with Crippen molar-refractivity contribution in [2.24, 2.45) is 0 Å². The monoisotopic (exact) mass is 425 g/mol. The van der Waals surface area contributed by atoms with Gasteiger partial charge in [0.25, 0.3) is 5.91 Å². The summed E-state index contributed by atoms with van der Waals surface area (Å²) in [5.74, 6) is -0.400. The number of carbonyl (C=O) groups excluding carboxylic acids is 2. The molecule has 1 aliphatic rings. The van der Waals surface area contributed by atoms with E-state index in [4.69, 9.17) is 0 Å². The summed E-state index contributed by atoms with van der Waals surface area (Å²) in [4.78, 5) is 25.0. The molecule has 29 heavy (non-hydrogen) atoms. The van der Waals surface area contributed by atoms with Crippen LogP contribution in [0.15, 0.2) is 17.0 Å². The molecule has 1 fully saturated rings. The molecule has 0 bridgehead atoms. The van der Waals surface area contributed by atoms with Crippen LogP contribution in [0.1, 0.15) is 30.0 Å². The molecule has 0 aromatic heterocycles. The van der Waals surface area contributed by atoms with Crippen molar-refractivity contribution in [1.82, 2.24) is 14.9 Å². The molecule has 1 heterocycles. The summed E-state index contributed by atoms with van der Waals surface area (Å²) in [6, 6.07) is 3.78. The van der Waals surface area contributed by atoms with E-state index in [1.165, 1.54) is 4.31 Å². The number of aryl methyl sites for hydroxylation is 3. The third-order valence-corrected chi connectivity index (χ3v) is 7.27. The zero-order chi connectivity index (χ0) is 21.6. The molecule has 1 aromatic rings. The van der Waals surface area contributed by atoms with E-state index < -0.39 is 10.0 Å². The number of rotatable bonds is 8. The lowest BCUT2D eigenvalue weighted by atomic mass is 10.1. The predicted molar refractivity (Wildman–Crippen MR) is 111 cm³/mol. The first-order valence-corrected chi connectivity index (χ1v) is 11.5. The summed E-state index contributed by atoms with van der Waals surface area (Å²) < 4.78 is 27.8. The molecule has 0 atom stereocenters. The highest BCUT2D eigenvalue weighted by Crippen LogP contribution is 2.25. The minimum absolute atomic E-state index is 0.0292. The number of amides is 2. The summed E-state index contributed by atoms with van der Waals surface area (Å²) in [7, 11) is -3.56. The smallest absolute Gasteiger partial charge is 0.275 e. The van der Waals surface area contributed by atoms with Gasteiger partial charge in [0, 0.05) is 6.54 Å². The fourth-order valence-corrected chi connectivity index (χ4v) is 5.57. The number of hydrogen-bond donors (Lipinski definition) is 3. The van der Waals surface area contributed by atoms with Gasteiger partial charge < -0.3 is 15.5 Å². The molecule has 0 unspecified atom stereocenters. The summed E-state index contributed by atoms with van der Waals surface area (Å²) in [5.41, 5.74) is 2.57. The Hall–Kier alpha value is -1.97. The van der Waals surface area contributed by atoms with Crippen LogP contribution in [0.5, 0.6) is 0 Å². The Bertz CT molecular complexity index is 823. The SMILES string of the molecule is CCCNC(=O)CNC(=O)C[NH+]1CCN(S(=O)(=O)c2c(C)cc(C)cc2C)CC1. The largest absolute Gasteiger partial charge is 0.355 e. The highest BCUT2D eigenvalue weighted by Gasteiger charge is 2.33. The molecule has 0 radical (unpaired) electrons. The van der Waals surface area contributed by atoms with Crippen molar-refractivity contribution < 1.29 is 22.9 Å². The van der Waals surface area contributed by atoms with Gasteiger partial charge in [-0.2, -0.15) is 4.31 Å². The molecule has 1 saturated heterocycles. The van der Waals surface area contributed by atoms with Crippen molar-refractivity contribution in [1.29, 1.82) is 0 Å². The molecular formula is C20H33N4O4S+. The highest BCUT2D eigenvalue weighted by molar-refractivity contribution is 7.89. The van der Waals surface area contributed by atoms with E-state index in [0.717, 1.165) is 28.0 Å². The van der Waals surface area contributed by atoms with Crippen molar-refractivity contribution in [2.45, 2.75) is 39.0 Å². The lowest BCUT2D eigenvalue weighted by Gasteiger charge is -2.32. The minimum Gasteiger partial charge on any atom is -0.355 e. The van der Waals surface area contributed by atoms with Gasteiger partial charge in [-0.3, -0.25) is 9.59 Å². The zero-order valence-corrected chi connectivity index (χ0v) is 18.6. The molecule has 1 aliphatic heterocycles. The Morgan fingerprint density at radius 2 is 1.62 bits per heavy atom. The van der Waals surface area contributed by atoms with Crippen LogP contribution in [0.4, 0.5) is 0 Å². The van der Waals surface area contributed by atoms with Crippen LogP contribution in [-0.4, -0.2) is 70.4 Å². The zero-order valence-electron chi connectivity index (χ0n) is 17.8. The topological polar surface area (TPSA) is 100 Å². The molecule has 0 spiro atoms. The number of carbonyl (C=O) groups is 2. The molecule has 0 aliphatic carbocycles. The molecule has 3 N–H and O–H groups in total. The van der Waals surface area contributed by atoms with Gasteiger partial charge in [0.2, 0.25) is 15.9 Å². The van der Waals surface area contributed by atoms with Crippen LogP contribution in [0.25, 0.3) is 0 Å². The maximum Gasteiger partial charge on any atom is 0.275 e. The van der Waals surface area contributed by atoms with Gasteiger partial charge in [-0.25, -0.2) is 8.42 Å². The summed E-state index contributed by atoms with van der Waals surface area (Å²) in [5, 5.41) is 5.33. The van der Waals surface area contributed by atoms with E-state index in [1.807, 2.05) is 39.8 Å². The average Bonchev–Trinajstić information content (AvgIpc) is 2.64. The predicted octanol–water partition coefficient (Wildman–Crippen LogP) is -0.857. The van der Waals surface area contributed by atoms with Crippen LogP contribution >= 0.6 is 0 Å². The summed E-state index contributed by atoms with van der Waals surface area (Å²) in [6.07, 6.45) is 0.846. The van der Waals surface area contributed by atoms with Crippen LogP contribution in [0.2, 0.25) is 0 Å². The van der Waals surface area contributed by atoms with E-state index in [2.05, 4.69) is 10.6 Å². The molecule has 9 heteroatoms. The lowest BCUT2D eigenvalue weighted by Crippen LogP contribution is -3.15. The van der Waals surface area contributed by atoms with E-state index >= 15 is 0 Å². The molecule has 162 valence electrons. The van der Waals surface area contributed by atoms with Crippen molar-refractivity contribution >= 4 is 21.8 Å². The molecule has 1 aromatic carbocycles. The van der Waals surface area contributed by atoms with Crippen molar-refractivity contribution in [3.63, 3.8) is 0 Å². The molecule has 8 nitrogen and oxygen atoms in total. The maximum absolute atomic E-state index is 13.1. The Labute approximate surface area is 173 Å². The molecule has 2 rings (SSSR count).